The number of ether oxygens (including phenoxy) is 1. The number of esters is 1. The Balaban J connectivity index is 1.84. The van der Waals surface area contributed by atoms with Crippen molar-refractivity contribution in [3.63, 3.8) is 0 Å². The number of carbonyl (C=O) groups excluding carboxylic acids is 1. The van der Waals surface area contributed by atoms with Gasteiger partial charge in [0.15, 0.2) is 0 Å². The molecular formula is C24H30N2O5. The lowest BCUT2D eigenvalue weighted by molar-refractivity contribution is -0.137. The Morgan fingerprint density at radius 1 is 0.871 bits per heavy atom. The highest BCUT2D eigenvalue weighted by Crippen LogP contribution is 2.34. The molecule has 0 unspecified atom stereocenters. The van der Waals surface area contributed by atoms with E-state index in [0.29, 0.717) is 36.4 Å². The van der Waals surface area contributed by atoms with Crippen molar-refractivity contribution >= 4 is 23.3 Å². The summed E-state index contributed by atoms with van der Waals surface area (Å²) in [4.78, 5) is 22.4. The molecule has 2 aromatic carbocycles. The molecule has 2 N–H and O–H groups in total. The minimum Gasteiger partial charge on any atom is -0.508 e. The summed E-state index contributed by atoms with van der Waals surface area (Å²) in [6, 6.07) is 11.9. The molecule has 0 bridgehead atoms. The summed E-state index contributed by atoms with van der Waals surface area (Å²) in [6.45, 7) is 6.05. The maximum Gasteiger partial charge on any atom is 0.311 e. The number of azo groups is 1. The first-order valence-electron chi connectivity index (χ1n) is 10.4. The summed E-state index contributed by atoms with van der Waals surface area (Å²) in [5.41, 5.74) is 1.85. The molecule has 2 rings (SSSR count). The Bertz CT molecular complexity index is 915. The molecule has 0 spiro atoms. The van der Waals surface area contributed by atoms with Crippen LogP contribution in [0, 0.1) is 0 Å². The van der Waals surface area contributed by atoms with Crippen LogP contribution in [-0.4, -0.2) is 22.2 Å². The fourth-order valence-corrected chi connectivity index (χ4v) is 2.96. The molecule has 0 atom stereocenters. The zero-order valence-electron chi connectivity index (χ0n) is 18.3. The molecule has 0 aliphatic carbocycles. The number of phenols is 1. The topological polar surface area (TPSA) is 109 Å². The third-order valence-corrected chi connectivity index (χ3v) is 4.66. The highest BCUT2D eigenvalue weighted by atomic mass is 16.5. The molecule has 0 aromatic heterocycles. The summed E-state index contributed by atoms with van der Waals surface area (Å²) in [6.07, 6.45) is 3.35. The largest absolute Gasteiger partial charge is 0.508 e. The normalized spacial score (nSPS) is 11.6. The maximum absolute atomic E-state index is 11.9. The first-order chi connectivity index (χ1) is 14.6. The van der Waals surface area contributed by atoms with Crippen LogP contribution in [0.3, 0.4) is 0 Å². The fraction of sp³-hybridized carbons (Fsp3) is 0.417. The van der Waals surface area contributed by atoms with Gasteiger partial charge in [-0.3, -0.25) is 9.59 Å². The summed E-state index contributed by atoms with van der Waals surface area (Å²) in [5, 5.41) is 27.1. The minimum atomic E-state index is -0.792. The van der Waals surface area contributed by atoms with Crippen molar-refractivity contribution in [1.82, 2.24) is 0 Å². The maximum atomic E-state index is 11.9. The zero-order valence-corrected chi connectivity index (χ0v) is 18.3. The van der Waals surface area contributed by atoms with Gasteiger partial charge in [0.2, 0.25) is 0 Å². The number of carboxylic acids is 1. The van der Waals surface area contributed by atoms with Crippen LogP contribution in [-0.2, 0) is 15.0 Å². The van der Waals surface area contributed by atoms with Gasteiger partial charge in [-0.05, 0) is 60.7 Å². The smallest absolute Gasteiger partial charge is 0.311 e. The molecule has 7 nitrogen and oxygen atoms in total. The second-order valence-corrected chi connectivity index (χ2v) is 8.43. The van der Waals surface area contributed by atoms with Crippen LogP contribution in [0.2, 0.25) is 0 Å². The van der Waals surface area contributed by atoms with E-state index in [4.69, 9.17) is 9.84 Å². The average Bonchev–Trinajstić information content (AvgIpc) is 2.70. The number of aliphatic carboxylic acids is 1. The molecule has 31 heavy (non-hydrogen) atoms. The van der Waals surface area contributed by atoms with Gasteiger partial charge in [-0.1, -0.05) is 33.6 Å². The van der Waals surface area contributed by atoms with Gasteiger partial charge in [-0.25, -0.2) is 0 Å². The number of hydrogen-bond donors (Lipinski definition) is 2. The average molecular weight is 427 g/mol. The van der Waals surface area contributed by atoms with Gasteiger partial charge >= 0.3 is 11.9 Å². The summed E-state index contributed by atoms with van der Waals surface area (Å²) in [5.74, 6) is -0.432. The van der Waals surface area contributed by atoms with Crippen LogP contribution in [0.1, 0.15) is 64.9 Å². The number of rotatable bonds is 10. The Hall–Kier alpha value is -3.22. The SMILES string of the molecule is CC(C)(C)c1cc(N=Nc2ccc(OC(=O)CCCCCCC(=O)O)cc2)ccc1O. The molecule has 0 saturated carbocycles. The lowest BCUT2D eigenvalue weighted by Crippen LogP contribution is -2.10. The molecule has 0 aliphatic rings. The molecule has 0 fully saturated rings. The van der Waals surface area contributed by atoms with E-state index in [1.165, 1.54) is 0 Å². The van der Waals surface area contributed by atoms with Crippen LogP contribution >= 0.6 is 0 Å². The molecule has 0 amide bonds. The second kappa shape index (κ2) is 11.2. The molecule has 2 aromatic rings. The van der Waals surface area contributed by atoms with E-state index in [2.05, 4.69) is 10.2 Å². The number of nitrogens with zero attached hydrogens (tertiary/aromatic N) is 2. The van der Waals surface area contributed by atoms with E-state index in [9.17, 15) is 14.7 Å². The lowest BCUT2D eigenvalue weighted by atomic mass is 9.86. The summed E-state index contributed by atoms with van der Waals surface area (Å²) < 4.78 is 5.31. The molecular weight excluding hydrogens is 396 g/mol. The Morgan fingerprint density at radius 3 is 2.06 bits per heavy atom. The second-order valence-electron chi connectivity index (χ2n) is 8.43. The predicted molar refractivity (Wildman–Crippen MR) is 118 cm³/mol. The highest BCUT2D eigenvalue weighted by Gasteiger charge is 2.18. The molecule has 0 aliphatic heterocycles. The van der Waals surface area contributed by atoms with Crippen LogP contribution in [0.4, 0.5) is 11.4 Å². The van der Waals surface area contributed by atoms with Crippen LogP contribution in [0.25, 0.3) is 0 Å². The Labute approximate surface area is 182 Å². The first kappa shape index (κ1) is 24.1. The third-order valence-electron chi connectivity index (χ3n) is 4.66. The van der Waals surface area contributed by atoms with Crippen molar-refractivity contribution in [3.8, 4) is 11.5 Å². The monoisotopic (exact) mass is 426 g/mol. The number of hydrogen-bond acceptors (Lipinski definition) is 6. The number of carbonyl (C=O) groups is 2. The molecule has 166 valence electrons. The van der Waals surface area contributed by atoms with Gasteiger partial charge in [-0.15, -0.1) is 0 Å². The standard InChI is InChI=1S/C24H30N2O5/c1-24(2,3)20-16-18(12-15-21(20)27)26-25-17-10-13-19(14-11-17)31-23(30)9-7-5-4-6-8-22(28)29/h10-16,27H,4-9H2,1-3H3,(H,28,29). The number of benzene rings is 2. The minimum absolute atomic E-state index is 0.165. The molecule has 7 heteroatoms. The van der Waals surface area contributed by atoms with Gasteiger partial charge in [-0.2, -0.15) is 10.2 Å². The van der Waals surface area contributed by atoms with E-state index in [1.807, 2.05) is 26.8 Å². The van der Waals surface area contributed by atoms with E-state index in [-0.39, 0.29) is 23.6 Å². The van der Waals surface area contributed by atoms with Crippen molar-refractivity contribution in [3.05, 3.63) is 48.0 Å². The van der Waals surface area contributed by atoms with Crippen LogP contribution in [0.5, 0.6) is 11.5 Å². The molecule has 0 saturated heterocycles. The number of unbranched alkanes of at least 4 members (excludes halogenated alkanes) is 3. The van der Waals surface area contributed by atoms with Crippen molar-refractivity contribution in [1.29, 1.82) is 0 Å². The van der Waals surface area contributed by atoms with Crippen LogP contribution in [0.15, 0.2) is 52.7 Å². The number of carboxylic acid groups (broad SMARTS) is 1. The van der Waals surface area contributed by atoms with E-state index in [0.717, 1.165) is 18.4 Å². The Kier molecular flexibility index (Phi) is 8.73. The van der Waals surface area contributed by atoms with E-state index in [1.54, 1.807) is 36.4 Å². The number of aromatic hydroxyl groups is 1. The van der Waals surface area contributed by atoms with E-state index >= 15 is 0 Å². The third kappa shape index (κ3) is 8.58. The van der Waals surface area contributed by atoms with Gasteiger partial charge in [0.05, 0.1) is 11.4 Å². The molecule has 0 radical (unpaired) electrons. The first-order valence-corrected chi connectivity index (χ1v) is 10.4. The quantitative estimate of drug-likeness (QED) is 0.197. The predicted octanol–water partition coefficient (Wildman–Crippen LogP) is 6.44. The van der Waals surface area contributed by atoms with Crippen molar-refractivity contribution in [2.75, 3.05) is 0 Å². The summed E-state index contributed by atoms with van der Waals surface area (Å²) in [7, 11) is 0. The van der Waals surface area contributed by atoms with Crippen molar-refractivity contribution in [2.24, 2.45) is 10.2 Å². The van der Waals surface area contributed by atoms with Gasteiger partial charge in [0.25, 0.3) is 0 Å². The zero-order chi connectivity index (χ0) is 22.9. The van der Waals surface area contributed by atoms with Crippen molar-refractivity contribution in [2.45, 2.75) is 64.7 Å². The van der Waals surface area contributed by atoms with Gasteiger partial charge in [0, 0.05) is 18.4 Å². The van der Waals surface area contributed by atoms with Gasteiger partial charge < -0.3 is 14.9 Å². The van der Waals surface area contributed by atoms with Gasteiger partial charge in [0.1, 0.15) is 11.5 Å². The van der Waals surface area contributed by atoms with Crippen molar-refractivity contribution < 1.29 is 24.5 Å². The number of phenolic OH excluding ortho intramolecular Hbond substituents is 1. The van der Waals surface area contributed by atoms with Crippen LogP contribution < -0.4 is 4.74 Å². The Morgan fingerprint density at radius 2 is 1.45 bits per heavy atom. The molecule has 0 heterocycles. The van der Waals surface area contributed by atoms with E-state index < -0.39 is 5.97 Å². The lowest BCUT2D eigenvalue weighted by Gasteiger charge is -2.20. The fourth-order valence-electron chi connectivity index (χ4n) is 2.96. The summed E-state index contributed by atoms with van der Waals surface area (Å²) >= 11 is 0. The highest BCUT2D eigenvalue weighted by molar-refractivity contribution is 5.72.